The molecule has 2 aliphatic rings. The Morgan fingerprint density at radius 1 is 1.00 bits per heavy atom. The van der Waals surface area contributed by atoms with Gasteiger partial charge in [-0.3, -0.25) is 19.2 Å². The fourth-order valence-electron chi connectivity index (χ4n) is 3.02. The molecule has 11 heteroatoms. The zero-order valence-electron chi connectivity index (χ0n) is 16.1. The fourth-order valence-corrected chi connectivity index (χ4v) is 4.18. The van der Waals surface area contributed by atoms with Crippen LogP contribution in [0.1, 0.15) is 27.2 Å². The van der Waals surface area contributed by atoms with Gasteiger partial charge < -0.3 is 28.4 Å². The van der Waals surface area contributed by atoms with E-state index in [-0.39, 0.29) is 17.0 Å². The quantitative estimate of drug-likeness (QED) is 0.414. The van der Waals surface area contributed by atoms with E-state index in [1.54, 1.807) is 0 Å². The highest BCUT2D eigenvalue weighted by Gasteiger charge is 2.52. The van der Waals surface area contributed by atoms with Crippen LogP contribution in [0.3, 0.4) is 0 Å². The van der Waals surface area contributed by atoms with Gasteiger partial charge >= 0.3 is 23.9 Å². The number of methoxy groups -OCH3 is 1. The second kappa shape index (κ2) is 10.1. The van der Waals surface area contributed by atoms with Crippen molar-refractivity contribution >= 4 is 35.6 Å². The normalized spacial score (nSPS) is 32.4. The second-order valence-corrected chi connectivity index (χ2v) is 7.51. The molecule has 0 aromatic rings. The van der Waals surface area contributed by atoms with Crippen molar-refractivity contribution < 1.29 is 47.6 Å². The summed E-state index contributed by atoms with van der Waals surface area (Å²) in [6.45, 7) is 3.92. The maximum atomic E-state index is 11.7. The third-order valence-corrected chi connectivity index (χ3v) is 5.43. The van der Waals surface area contributed by atoms with Crippen LogP contribution in [0.25, 0.3) is 0 Å². The average Bonchev–Trinajstić information content (AvgIpc) is 3.00. The Hall–Kier alpha value is -1.85. The van der Waals surface area contributed by atoms with Gasteiger partial charge in [0.05, 0.1) is 6.61 Å². The minimum Gasteiger partial charge on any atom is -0.465 e. The van der Waals surface area contributed by atoms with E-state index in [9.17, 15) is 19.2 Å². The highest BCUT2D eigenvalue weighted by molar-refractivity contribution is 8.00. The largest absolute Gasteiger partial charge is 0.465 e. The van der Waals surface area contributed by atoms with Crippen LogP contribution in [0.4, 0.5) is 0 Å². The number of rotatable bonds is 7. The molecular weight excluding hydrogens is 396 g/mol. The summed E-state index contributed by atoms with van der Waals surface area (Å²) in [5.41, 5.74) is 0. The number of ether oxygens (including phenoxy) is 6. The number of thioether (sulfide) groups is 1. The van der Waals surface area contributed by atoms with Crippen molar-refractivity contribution in [3.8, 4) is 0 Å². The zero-order chi connectivity index (χ0) is 20.8. The summed E-state index contributed by atoms with van der Waals surface area (Å²) < 4.78 is 31.9. The van der Waals surface area contributed by atoms with Gasteiger partial charge in [0.15, 0.2) is 24.6 Å². The maximum Gasteiger partial charge on any atom is 0.319 e. The minimum absolute atomic E-state index is 0.238. The SMILES string of the molecule is CO[C@@H]1O[C@H](CSC2CCOC2=O)[C@H](OC(C)=O)[C@H](OC(C)=O)[C@H]1OC(C)=O. The molecule has 0 aliphatic carbocycles. The molecule has 2 saturated heterocycles. The molecule has 2 rings (SSSR count). The van der Waals surface area contributed by atoms with Crippen molar-refractivity contribution in [1.82, 2.24) is 0 Å². The third-order valence-electron chi connectivity index (χ3n) is 4.08. The van der Waals surface area contributed by atoms with Crippen LogP contribution in [0, 0.1) is 0 Å². The molecule has 0 amide bonds. The standard InChI is InChI=1S/C17H24O10S/c1-8(18)24-13-11(7-28-12-5-6-23-16(12)21)27-17(22-4)15(26-10(3)20)14(13)25-9(2)19/h11-15,17H,5-7H2,1-4H3/t11-,12?,13+,14+,15-,17-/m1/s1. The van der Waals surface area contributed by atoms with Crippen molar-refractivity contribution in [2.45, 2.75) is 63.1 Å². The molecule has 0 spiro atoms. The van der Waals surface area contributed by atoms with Crippen LogP contribution in [-0.2, 0) is 47.6 Å². The molecule has 2 fully saturated rings. The summed E-state index contributed by atoms with van der Waals surface area (Å²) in [6.07, 6.45) is -4.59. The molecule has 0 N–H and O–H groups in total. The molecule has 0 bridgehead atoms. The molecule has 0 aromatic heterocycles. The van der Waals surface area contributed by atoms with Gasteiger partial charge in [-0.1, -0.05) is 0 Å². The Morgan fingerprint density at radius 2 is 1.57 bits per heavy atom. The topological polar surface area (TPSA) is 124 Å². The van der Waals surface area contributed by atoms with Gasteiger partial charge in [-0.15, -0.1) is 11.8 Å². The van der Waals surface area contributed by atoms with Gasteiger partial charge in [0.1, 0.15) is 11.4 Å². The van der Waals surface area contributed by atoms with Crippen LogP contribution >= 0.6 is 11.8 Å². The Labute approximate surface area is 166 Å². The monoisotopic (exact) mass is 420 g/mol. The van der Waals surface area contributed by atoms with E-state index < -0.39 is 48.6 Å². The molecule has 2 aliphatic heterocycles. The first kappa shape index (κ1) is 22.4. The predicted octanol–water partition coefficient (Wildman–Crippen LogP) is 0.202. The lowest BCUT2D eigenvalue weighted by atomic mass is 9.98. The number of cyclic esters (lactones) is 1. The van der Waals surface area contributed by atoms with E-state index in [1.165, 1.54) is 39.6 Å². The molecule has 28 heavy (non-hydrogen) atoms. The van der Waals surface area contributed by atoms with Gasteiger partial charge in [-0.2, -0.15) is 0 Å². The molecule has 6 atom stereocenters. The predicted molar refractivity (Wildman–Crippen MR) is 94.2 cm³/mol. The summed E-state index contributed by atoms with van der Waals surface area (Å²) in [7, 11) is 1.34. The summed E-state index contributed by atoms with van der Waals surface area (Å²) in [5, 5.41) is -0.360. The van der Waals surface area contributed by atoms with Crippen LogP contribution in [0.5, 0.6) is 0 Å². The first-order valence-electron chi connectivity index (χ1n) is 8.71. The zero-order valence-corrected chi connectivity index (χ0v) is 16.9. The van der Waals surface area contributed by atoms with E-state index in [1.807, 2.05) is 0 Å². The first-order valence-corrected chi connectivity index (χ1v) is 9.76. The van der Waals surface area contributed by atoms with E-state index in [0.717, 1.165) is 0 Å². The van der Waals surface area contributed by atoms with Crippen molar-refractivity contribution in [3.63, 3.8) is 0 Å². The van der Waals surface area contributed by atoms with Crippen molar-refractivity contribution in [3.05, 3.63) is 0 Å². The van der Waals surface area contributed by atoms with Gasteiger partial charge in [-0.05, 0) is 0 Å². The number of carbonyl (C=O) groups is 4. The van der Waals surface area contributed by atoms with Crippen LogP contribution in [-0.4, -0.2) is 79.3 Å². The van der Waals surface area contributed by atoms with Gasteiger partial charge in [-0.25, -0.2) is 0 Å². The van der Waals surface area contributed by atoms with Gasteiger partial charge in [0, 0.05) is 40.1 Å². The molecule has 2 heterocycles. The van der Waals surface area contributed by atoms with Gasteiger partial charge in [0.25, 0.3) is 0 Å². The Balaban J connectivity index is 2.25. The lowest BCUT2D eigenvalue weighted by Gasteiger charge is -2.44. The third kappa shape index (κ3) is 5.82. The number of esters is 4. The summed E-state index contributed by atoms with van der Waals surface area (Å²) in [5.74, 6) is -2.00. The molecule has 0 aromatic carbocycles. The average molecular weight is 420 g/mol. The minimum atomic E-state index is -1.13. The smallest absolute Gasteiger partial charge is 0.319 e. The molecule has 1 unspecified atom stereocenters. The van der Waals surface area contributed by atoms with Crippen molar-refractivity contribution in [2.75, 3.05) is 19.5 Å². The van der Waals surface area contributed by atoms with E-state index in [2.05, 4.69) is 0 Å². The fraction of sp³-hybridized carbons (Fsp3) is 0.765. The molecular formula is C17H24O10S. The van der Waals surface area contributed by atoms with Crippen molar-refractivity contribution in [1.29, 1.82) is 0 Å². The Kier molecular flexibility index (Phi) is 8.08. The molecule has 0 saturated carbocycles. The van der Waals surface area contributed by atoms with Crippen LogP contribution in [0.15, 0.2) is 0 Å². The highest BCUT2D eigenvalue weighted by atomic mass is 32.2. The second-order valence-electron chi connectivity index (χ2n) is 6.28. The highest BCUT2D eigenvalue weighted by Crippen LogP contribution is 2.32. The van der Waals surface area contributed by atoms with Crippen LogP contribution in [0.2, 0.25) is 0 Å². The number of hydrogen-bond acceptors (Lipinski definition) is 11. The molecule has 10 nitrogen and oxygen atoms in total. The summed E-state index contributed by atoms with van der Waals surface area (Å²) in [4.78, 5) is 46.5. The van der Waals surface area contributed by atoms with Crippen LogP contribution < -0.4 is 0 Å². The van der Waals surface area contributed by atoms with E-state index in [0.29, 0.717) is 13.0 Å². The van der Waals surface area contributed by atoms with E-state index >= 15 is 0 Å². The summed E-state index contributed by atoms with van der Waals surface area (Å²) in [6, 6.07) is 0. The Morgan fingerprint density at radius 3 is 2.07 bits per heavy atom. The first-order chi connectivity index (χ1) is 13.2. The lowest BCUT2D eigenvalue weighted by Crippen LogP contribution is -2.62. The maximum absolute atomic E-state index is 11.7. The lowest BCUT2D eigenvalue weighted by molar-refractivity contribution is -0.293. The van der Waals surface area contributed by atoms with Crippen molar-refractivity contribution in [2.24, 2.45) is 0 Å². The van der Waals surface area contributed by atoms with Gasteiger partial charge in [0.2, 0.25) is 0 Å². The number of hydrogen-bond donors (Lipinski definition) is 0. The molecule has 0 radical (unpaired) electrons. The summed E-state index contributed by atoms with van der Waals surface area (Å²) >= 11 is 1.28. The number of carbonyl (C=O) groups excluding carboxylic acids is 4. The van der Waals surface area contributed by atoms with E-state index in [4.69, 9.17) is 28.4 Å². The molecule has 158 valence electrons. The Bertz CT molecular complexity index is 609.